The van der Waals surface area contributed by atoms with Crippen LogP contribution in [-0.4, -0.2) is 36.9 Å². The average molecular weight is 429 g/mol. The highest BCUT2D eigenvalue weighted by atomic mass is 35.5. The Hall–Kier alpha value is -2.82. The van der Waals surface area contributed by atoms with E-state index in [0.717, 1.165) is 0 Å². The molecule has 0 unspecified atom stereocenters. The molecule has 3 rings (SSSR count). The van der Waals surface area contributed by atoms with Crippen LogP contribution in [0.3, 0.4) is 0 Å². The lowest BCUT2D eigenvalue weighted by atomic mass is 10.2. The van der Waals surface area contributed by atoms with Crippen LogP contribution in [-0.2, 0) is 9.57 Å². The van der Waals surface area contributed by atoms with Crippen LogP contribution < -0.4 is 15.5 Å². The van der Waals surface area contributed by atoms with E-state index in [9.17, 15) is 13.2 Å². The summed E-state index contributed by atoms with van der Waals surface area (Å²) in [6.45, 7) is -3.29. The van der Waals surface area contributed by atoms with Crippen molar-refractivity contribution in [1.29, 1.82) is 0 Å². The number of benzene rings is 2. The number of rotatable bonds is 9. The van der Waals surface area contributed by atoms with E-state index in [4.69, 9.17) is 21.2 Å². The van der Waals surface area contributed by atoms with E-state index in [1.54, 1.807) is 18.2 Å². The van der Waals surface area contributed by atoms with E-state index >= 15 is 0 Å². The second-order valence-electron chi connectivity index (χ2n) is 5.60. The van der Waals surface area contributed by atoms with Gasteiger partial charge in [-0.1, -0.05) is 17.7 Å². The van der Waals surface area contributed by atoms with Crippen LogP contribution in [0.5, 0.6) is 5.75 Å². The fraction of sp³-hybridized carbons (Fsp3) is 0.222. The van der Waals surface area contributed by atoms with Gasteiger partial charge in [0.25, 0.3) is 0 Å². The zero-order chi connectivity index (χ0) is 20.8. The number of nitrogens with zero attached hydrogens (tertiary/aromatic N) is 2. The third-order valence-corrected chi connectivity index (χ3v) is 4.03. The fourth-order valence-corrected chi connectivity index (χ4v) is 2.68. The molecule has 29 heavy (non-hydrogen) atoms. The van der Waals surface area contributed by atoms with Gasteiger partial charge in [0.15, 0.2) is 5.82 Å². The van der Waals surface area contributed by atoms with Gasteiger partial charge in [-0.15, -0.1) is 0 Å². The van der Waals surface area contributed by atoms with Gasteiger partial charge in [0.1, 0.15) is 30.2 Å². The lowest BCUT2D eigenvalue weighted by Gasteiger charge is -2.15. The van der Waals surface area contributed by atoms with E-state index in [1.165, 1.54) is 25.6 Å². The highest BCUT2D eigenvalue weighted by molar-refractivity contribution is 6.31. The van der Waals surface area contributed by atoms with Crippen LogP contribution in [0.1, 0.15) is 0 Å². The quantitative estimate of drug-likeness (QED) is 0.376. The molecule has 0 aliphatic heterocycles. The van der Waals surface area contributed by atoms with Crippen molar-refractivity contribution in [2.24, 2.45) is 0 Å². The first-order valence-corrected chi connectivity index (χ1v) is 8.68. The first-order chi connectivity index (χ1) is 14.0. The first kappa shape index (κ1) is 20.9. The SMILES string of the molecule is CONc1cc2c(Nc3cccc(Cl)c3F)ncnc2cc1OCCOC(F)F. The molecule has 0 aliphatic carbocycles. The zero-order valence-corrected chi connectivity index (χ0v) is 15.8. The molecule has 0 bridgehead atoms. The summed E-state index contributed by atoms with van der Waals surface area (Å²) in [4.78, 5) is 13.3. The van der Waals surface area contributed by atoms with Gasteiger partial charge >= 0.3 is 6.61 Å². The van der Waals surface area contributed by atoms with Crippen molar-refractivity contribution in [3.63, 3.8) is 0 Å². The fourth-order valence-electron chi connectivity index (χ4n) is 2.51. The predicted molar refractivity (Wildman–Crippen MR) is 102 cm³/mol. The molecule has 0 saturated heterocycles. The second-order valence-corrected chi connectivity index (χ2v) is 6.01. The number of alkyl halides is 2. The van der Waals surface area contributed by atoms with E-state index in [0.29, 0.717) is 28.2 Å². The standard InChI is InChI=1S/C18H16ClF3N4O3/c1-27-26-14-7-10-13(8-15(14)28-5-6-29-18(21)22)23-9-24-17(10)25-12-4-2-3-11(19)16(12)20/h2-4,7-9,18,26H,5-6H2,1H3,(H,23,24,25). The van der Waals surface area contributed by atoms with Gasteiger partial charge in [-0.05, 0) is 18.2 Å². The molecule has 154 valence electrons. The number of fused-ring (bicyclic) bond motifs is 1. The number of aromatic nitrogens is 2. The van der Waals surface area contributed by atoms with Gasteiger partial charge in [-0.2, -0.15) is 8.78 Å². The second kappa shape index (κ2) is 9.59. The van der Waals surface area contributed by atoms with Crippen molar-refractivity contribution >= 4 is 39.7 Å². The van der Waals surface area contributed by atoms with Gasteiger partial charge in [0.2, 0.25) is 0 Å². The maximum absolute atomic E-state index is 14.2. The van der Waals surface area contributed by atoms with Gasteiger partial charge in [0.05, 0.1) is 29.9 Å². The van der Waals surface area contributed by atoms with Gasteiger partial charge in [-0.25, -0.2) is 14.4 Å². The van der Waals surface area contributed by atoms with Crippen molar-refractivity contribution < 1.29 is 27.5 Å². The molecule has 0 amide bonds. The molecule has 1 aromatic heterocycles. The number of halogens is 4. The number of hydrogen-bond donors (Lipinski definition) is 2. The Morgan fingerprint density at radius 1 is 1.14 bits per heavy atom. The van der Waals surface area contributed by atoms with Gasteiger partial charge in [0, 0.05) is 11.5 Å². The van der Waals surface area contributed by atoms with Crippen molar-refractivity contribution in [1.82, 2.24) is 9.97 Å². The highest BCUT2D eigenvalue weighted by Gasteiger charge is 2.14. The van der Waals surface area contributed by atoms with Crippen LogP contribution in [0.15, 0.2) is 36.7 Å². The summed E-state index contributed by atoms with van der Waals surface area (Å²) in [5.74, 6) is 0.00820. The van der Waals surface area contributed by atoms with Crippen LogP contribution >= 0.6 is 11.6 Å². The van der Waals surface area contributed by atoms with Crippen molar-refractivity contribution in [2.45, 2.75) is 6.61 Å². The molecule has 0 saturated carbocycles. The van der Waals surface area contributed by atoms with Crippen molar-refractivity contribution in [3.05, 3.63) is 47.5 Å². The van der Waals surface area contributed by atoms with Gasteiger partial charge < -0.3 is 14.8 Å². The van der Waals surface area contributed by atoms with Crippen molar-refractivity contribution in [3.8, 4) is 5.75 Å². The van der Waals surface area contributed by atoms with Crippen LogP contribution in [0, 0.1) is 5.82 Å². The third kappa shape index (κ3) is 5.17. The molecule has 7 nitrogen and oxygen atoms in total. The number of anilines is 3. The van der Waals surface area contributed by atoms with Crippen LogP contribution in [0.4, 0.5) is 30.4 Å². The summed E-state index contributed by atoms with van der Waals surface area (Å²) >= 11 is 5.82. The summed E-state index contributed by atoms with van der Waals surface area (Å²) in [6, 6.07) is 7.74. The lowest BCUT2D eigenvalue weighted by molar-refractivity contribution is -0.133. The maximum atomic E-state index is 14.2. The minimum absolute atomic E-state index is 0.0307. The topological polar surface area (TPSA) is 77.5 Å². The molecular formula is C18H16ClF3N4O3. The minimum Gasteiger partial charge on any atom is -0.489 e. The van der Waals surface area contributed by atoms with E-state index in [2.05, 4.69) is 25.5 Å². The smallest absolute Gasteiger partial charge is 0.345 e. The third-order valence-electron chi connectivity index (χ3n) is 3.74. The Morgan fingerprint density at radius 3 is 2.72 bits per heavy atom. The molecule has 0 radical (unpaired) electrons. The zero-order valence-electron chi connectivity index (χ0n) is 15.1. The number of nitrogens with one attached hydrogen (secondary N) is 2. The summed E-state index contributed by atoms with van der Waals surface area (Å²) in [5, 5.41) is 3.39. The molecule has 0 atom stereocenters. The Bertz CT molecular complexity index is 994. The molecule has 0 spiro atoms. The van der Waals surface area contributed by atoms with E-state index in [1.807, 2.05) is 0 Å². The van der Waals surface area contributed by atoms with Gasteiger partial charge in [-0.3, -0.25) is 10.3 Å². The van der Waals surface area contributed by atoms with Crippen LogP contribution in [0.25, 0.3) is 10.9 Å². The molecule has 0 fully saturated rings. The summed E-state index contributed by atoms with van der Waals surface area (Å²) < 4.78 is 48.0. The molecule has 11 heteroatoms. The molecule has 1 heterocycles. The van der Waals surface area contributed by atoms with Crippen LogP contribution in [0.2, 0.25) is 5.02 Å². The average Bonchev–Trinajstić information content (AvgIpc) is 2.69. The maximum Gasteiger partial charge on any atom is 0.345 e. The summed E-state index contributed by atoms with van der Waals surface area (Å²) in [7, 11) is 1.40. The Labute approximate surface area is 168 Å². The largest absolute Gasteiger partial charge is 0.489 e. The monoisotopic (exact) mass is 428 g/mol. The molecule has 0 aliphatic rings. The minimum atomic E-state index is -2.87. The summed E-state index contributed by atoms with van der Waals surface area (Å²) in [5.41, 5.74) is 3.64. The Morgan fingerprint density at radius 2 is 1.97 bits per heavy atom. The molecular weight excluding hydrogens is 413 g/mol. The lowest BCUT2D eigenvalue weighted by Crippen LogP contribution is -2.11. The molecule has 2 N–H and O–H groups in total. The Kier molecular flexibility index (Phi) is 6.91. The molecule has 2 aromatic carbocycles. The number of hydrogen-bond acceptors (Lipinski definition) is 7. The normalized spacial score (nSPS) is 11.1. The highest BCUT2D eigenvalue weighted by Crippen LogP contribution is 2.34. The molecule has 3 aromatic rings. The first-order valence-electron chi connectivity index (χ1n) is 8.31. The van der Waals surface area contributed by atoms with Crippen molar-refractivity contribution in [2.75, 3.05) is 31.1 Å². The summed E-state index contributed by atoms with van der Waals surface area (Å²) in [6.07, 6.45) is 1.29. The Balaban J connectivity index is 1.92. The van der Waals surface area contributed by atoms with E-state index in [-0.39, 0.29) is 23.9 Å². The van der Waals surface area contributed by atoms with E-state index < -0.39 is 12.4 Å². The predicted octanol–water partition coefficient (Wildman–Crippen LogP) is 4.76. The number of ether oxygens (including phenoxy) is 2.